The molecule has 1 unspecified atom stereocenters. The molecule has 1 fully saturated rings. The van der Waals surface area contributed by atoms with Crippen LogP contribution in [0.25, 0.3) is 0 Å². The Morgan fingerprint density at radius 1 is 1.56 bits per heavy atom. The second kappa shape index (κ2) is 6.13. The van der Waals surface area contributed by atoms with Crippen LogP contribution in [-0.4, -0.2) is 30.8 Å². The maximum Gasteiger partial charge on any atom is 0.0834 e. The van der Waals surface area contributed by atoms with Crippen LogP contribution in [0.15, 0.2) is 11.7 Å². The van der Waals surface area contributed by atoms with E-state index in [1.54, 1.807) is 11.3 Å². The average Bonchev–Trinajstić information content (AvgIpc) is 2.90. The Hall–Kier alpha value is -0.450. The summed E-state index contributed by atoms with van der Waals surface area (Å²) in [6, 6.07) is 0.385. The number of rotatable bonds is 5. The first-order valence-corrected chi connectivity index (χ1v) is 7.68. The van der Waals surface area contributed by atoms with Gasteiger partial charge in [-0.2, -0.15) is 0 Å². The Morgan fingerprint density at radius 2 is 2.28 bits per heavy atom. The molecule has 0 aliphatic heterocycles. The van der Waals surface area contributed by atoms with Crippen LogP contribution in [0.3, 0.4) is 0 Å². The minimum absolute atomic E-state index is 0.00521. The molecule has 0 radical (unpaired) electrons. The molecule has 3 nitrogen and oxygen atoms in total. The molecule has 0 aromatic carbocycles. The Kier molecular flexibility index (Phi) is 4.76. The van der Waals surface area contributed by atoms with Crippen molar-refractivity contribution in [3.05, 3.63) is 16.6 Å². The molecule has 1 aliphatic rings. The molecule has 1 aliphatic carbocycles. The van der Waals surface area contributed by atoms with Gasteiger partial charge in [-0.3, -0.25) is 4.98 Å². The Bertz CT molecular complexity index is 345. The fourth-order valence-electron chi connectivity index (χ4n) is 3.04. The van der Waals surface area contributed by atoms with Gasteiger partial charge in [-0.15, -0.1) is 11.3 Å². The van der Waals surface area contributed by atoms with Crippen LogP contribution >= 0.6 is 11.3 Å². The van der Waals surface area contributed by atoms with Gasteiger partial charge in [0, 0.05) is 30.6 Å². The van der Waals surface area contributed by atoms with Crippen molar-refractivity contribution < 1.29 is 4.74 Å². The maximum absolute atomic E-state index is 5.95. The highest BCUT2D eigenvalue weighted by atomic mass is 32.1. The van der Waals surface area contributed by atoms with Crippen LogP contribution in [0, 0.1) is 5.92 Å². The molecular formula is C14H24N2OS. The highest BCUT2D eigenvalue weighted by Gasteiger charge is 2.40. The van der Waals surface area contributed by atoms with Gasteiger partial charge in [0.25, 0.3) is 0 Å². The molecule has 1 aromatic rings. The Balaban J connectivity index is 2.08. The number of aromatic nitrogens is 1. The third kappa shape index (κ3) is 2.92. The Morgan fingerprint density at radius 3 is 2.78 bits per heavy atom. The number of methoxy groups -OCH3 is 1. The third-order valence-corrected chi connectivity index (χ3v) is 5.20. The molecule has 1 atom stereocenters. The summed E-state index contributed by atoms with van der Waals surface area (Å²) in [5.74, 6) is 0.842. The van der Waals surface area contributed by atoms with E-state index in [0.717, 1.165) is 25.2 Å². The molecule has 0 saturated heterocycles. The van der Waals surface area contributed by atoms with Crippen LogP contribution in [0.5, 0.6) is 0 Å². The van der Waals surface area contributed by atoms with E-state index >= 15 is 0 Å². The minimum Gasteiger partial charge on any atom is -0.377 e. The maximum atomic E-state index is 5.95. The molecule has 1 heterocycles. The van der Waals surface area contributed by atoms with Gasteiger partial charge in [-0.05, 0) is 38.6 Å². The Labute approximate surface area is 114 Å². The van der Waals surface area contributed by atoms with E-state index in [1.807, 2.05) is 25.9 Å². The molecule has 1 saturated carbocycles. The van der Waals surface area contributed by atoms with Crippen molar-refractivity contribution in [3.63, 3.8) is 0 Å². The molecule has 0 amide bonds. The van der Waals surface area contributed by atoms with Gasteiger partial charge in [0.1, 0.15) is 0 Å². The molecular weight excluding hydrogens is 244 g/mol. The standard InChI is InChI=1S/C14H24N2OS/c1-11-4-6-14(17-3,7-5-11)13(15-2)8-12-9-16-10-18-12/h9-11,13,15H,4-8H2,1-3H3. The highest BCUT2D eigenvalue weighted by Crippen LogP contribution is 2.37. The summed E-state index contributed by atoms with van der Waals surface area (Å²) in [7, 11) is 3.91. The topological polar surface area (TPSA) is 34.2 Å². The molecule has 4 heteroatoms. The van der Waals surface area contributed by atoms with Crippen molar-refractivity contribution in [2.45, 2.75) is 50.7 Å². The first kappa shape index (κ1) is 14.0. The van der Waals surface area contributed by atoms with E-state index in [0.29, 0.717) is 6.04 Å². The van der Waals surface area contributed by atoms with Crippen LogP contribution in [0.2, 0.25) is 0 Å². The second-order valence-electron chi connectivity index (χ2n) is 5.46. The van der Waals surface area contributed by atoms with Gasteiger partial charge < -0.3 is 10.1 Å². The molecule has 1 N–H and O–H groups in total. The van der Waals surface area contributed by atoms with E-state index in [1.165, 1.54) is 17.7 Å². The zero-order chi connectivity index (χ0) is 13.0. The SMILES string of the molecule is CNC(Cc1cncs1)C1(OC)CCC(C)CC1. The lowest BCUT2D eigenvalue weighted by molar-refractivity contribution is -0.0729. The summed E-state index contributed by atoms with van der Waals surface area (Å²) in [6.07, 6.45) is 7.86. The van der Waals surface area contributed by atoms with Crippen molar-refractivity contribution in [1.82, 2.24) is 10.3 Å². The minimum atomic E-state index is 0.00521. The van der Waals surface area contributed by atoms with Gasteiger partial charge in [0.2, 0.25) is 0 Å². The van der Waals surface area contributed by atoms with Crippen molar-refractivity contribution in [2.24, 2.45) is 5.92 Å². The third-order valence-electron chi connectivity index (χ3n) is 4.40. The van der Waals surface area contributed by atoms with Crippen LogP contribution in [-0.2, 0) is 11.2 Å². The molecule has 102 valence electrons. The summed E-state index contributed by atoms with van der Waals surface area (Å²) in [4.78, 5) is 5.50. The molecule has 0 spiro atoms. The number of hydrogen-bond acceptors (Lipinski definition) is 4. The average molecular weight is 268 g/mol. The van der Waals surface area contributed by atoms with E-state index in [2.05, 4.69) is 17.2 Å². The monoisotopic (exact) mass is 268 g/mol. The van der Waals surface area contributed by atoms with Gasteiger partial charge in [0.05, 0.1) is 11.1 Å². The number of nitrogens with one attached hydrogen (secondary N) is 1. The van der Waals surface area contributed by atoms with Crippen molar-refractivity contribution in [3.8, 4) is 0 Å². The molecule has 18 heavy (non-hydrogen) atoms. The first-order chi connectivity index (χ1) is 8.70. The van der Waals surface area contributed by atoms with Gasteiger partial charge in [0.15, 0.2) is 0 Å². The van der Waals surface area contributed by atoms with Crippen molar-refractivity contribution in [2.75, 3.05) is 14.2 Å². The smallest absolute Gasteiger partial charge is 0.0834 e. The van der Waals surface area contributed by atoms with E-state index in [-0.39, 0.29) is 5.60 Å². The number of hydrogen-bond donors (Lipinski definition) is 1. The summed E-state index contributed by atoms with van der Waals surface area (Å²) < 4.78 is 5.95. The fourth-order valence-corrected chi connectivity index (χ4v) is 3.68. The lowest BCUT2D eigenvalue weighted by Crippen LogP contribution is -2.53. The summed E-state index contributed by atoms with van der Waals surface area (Å²) in [6.45, 7) is 2.34. The first-order valence-electron chi connectivity index (χ1n) is 6.80. The zero-order valence-electron chi connectivity index (χ0n) is 11.6. The molecule has 0 bridgehead atoms. The normalized spacial score (nSPS) is 30.3. The fraction of sp³-hybridized carbons (Fsp3) is 0.786. The van der Waals surface area contributed by atoms with Crippen LogP contribution in [0.1, 0.15) is 37.5 Å². The number of ether oxygens (including phenoxy) is 1. The van der Waals surface area contributed by atoms with Crippen LogP contribution < -0.4 is 5.32 Å². The second-order valence-corrected chi connectivity index (χ2v) is 6.44. The van der Waals surface area contributed by atoms with Crippen LogP contribution in [0.4, 0.5) is 0 Å². The number of nitrogens with zero attached hydrogens (tertiary/aromatic N) is 1. The van der Waals surface area contributed by atoms with Crippen molar-refractivity contribution >= 4 is 11.3 Å². The van der Waals surface area contributed by atoms with E-state index in [9.17, 15) is 0 Å². The summed E-state index contributed by atoms with van der Waals surface area (Å²) in [5.41, 5.74) is 1.91. The van der Waals surface area contributed by atoms with E-state index in [4.69, 9.17) is 4.74 Å². The predicted octanol–water partition coefficient (Wildman–Crippen LogP) is 2.87. The predicted molar refractivity (Wildman–Crippen MR) is 76.0 cm³/mol. The van der Waals surface area contributed by atoms with Gasteiger partial charge in [-0.1, -0.05) is 6.92 Å². The molecule has 2 rings (SSSR count). The number of thiazole rings is 1. The lowest BCUT2D eigenvalue weighted by Gasteiger charge is -2.44. The van der Waals surface area contributed by atoms with Crippen molar-refractivity contribution in [1.29, 1.82) is 0 Å². The highest BCUT2D eigenvalue weighted by molar-refractivity contribution is 7.09. The van der Waals surface area contributed by atoms with Gasteiger partial charge >= 0.3 is 0 Å². The summed E-state index contributed by atoms with van der Waals surface area (Å²) >= 11 is 1.73. The largest absolute Gasteiger partial charge is 0.377 e. The van der Waals surface area contributed by atoms with Gasteiger partial charge in [-0.25, -0.2) is 0 Å². The summed E-state index contributed by atoms with van der Waals surface area (Å²) in [5, 5.41) is 3.47. The van der Waals surface area contributed by atoms with E-state index < -0.39 is 0 Å². The lowest BCUT2D eigenvalue weighted by atomic mass is 9.74. The number of likely N-dealkylation sites (N-methyl/N-ethyl adjacent to an activating group) is 1. The molecule has 1 aromatic heterocycles. The quantitative estimate of drug-likeness (QED) is 0.891. The zero-order valence-corrected chi connectivity index (χ0v) is 12.4.